The number of hydrogen-bond donors (Lipinski definition) is 1. The van der Waals surface area contributed by atoms with Crippen molar-refractivity contribution in [2.24, 2.45) is 0 Å². The molecule has 3 aromatic rings. The third kappa shape index (κ3) is 4.31. The summed E-state index contributed by atoms with van der Waals surface area (Å²) in [4.78, 5) is 20.0. The minimum Gasteiger partial charge on any atom is -0.379 e. The molecule has 0 aliphatic carbocycles. The summed E-state index contributed by atoms with van der Waals surface area (Å²) in [6, 6.07) is 13.5. The molecule has 2 aliphatic rings. The van der Waals surface area contributed by atoms with Gasteiger partial charge in [0.2, 0.25) is 5.91 Å². The lowest BCUT2D eigenvalue weighted by molar-refractivity contribution is -0.123. The number of carbonyl (C=O) groups is 1. The van der Waals surface area contributed by atoms with Gasteiger partial charge in [-0.3, -0.25) is 9.69 Å². The first-order valence-electron chi connectivity index (χ1n) is 11.2. The topological polar surface area (TPSA) is 59.4 Å². The summed E-state index contributed by atoms with van der Waals surface area (Å²) in [5.41, 5.74) is 3.03. The fourth-order valence-corrected chi connectivity index (χ4v) is 4.52. The number of nitrogens with zero attached hydrogens (tertiary/aromatic N) is 3. The lowest BCUT2D eigenvalue weighted by Gasteiger charge is -2.33. The van der Waals surface area contributed by atoms with Crippen LogP contribution >= 0.6 is 0 Å². The Kier molecular flexibility index (Phi) is 6.01. The molecule has 1 N–H and O–H groups in total. The first-order chi connectivity index (χ1) is 15.7. The highest BCUT2D eigenvalue weighted by molar-refractivity contribution is 5.95. The summed E-state index contributed by atoms with van der Waals surface area (Å²) < 4.78 is 22.2. The third-order valence-corrected chi connectivity index (χ3v) is 6.22. The van der Waals surface area contributed by atoms with Crippen LogP contribution in [0.15, 0.2) is 54.7 Å². The minimum absolute atomic E-state index is 0.248. The second-order valence-corrected chi connectivity index (χ2v) is 8.33. The predicted octanol–water partition coefficient (Wildman–Crippen LogP) is 4.04. The van der Waals surface area contributed by atoms with Gasteiger partial charge in [0, 0.05) is 49.1 Å². The fraction of sp³-hybridized carbons (Fsp3) is 0.360. The van der Waals surface area contributed by atoms with Crippen molar-refractivity contribution in [1.29, 1.82) is 0 Å². The molecule has 32 heavy (non-hydrogen) atoms. The Hall–Kier alpha value is -3.03. The zero-order chi connectivity index (χ0) is 21.9. The van der Waals surface area contributed by atoms with Gasteiger partial charge in [0.15, 0.2) is 0 Å². The van der Waals surface area contributed by atoms with Crippen LogP contribution in [-0.2, 0) is 22.5 Å². The minimum atomic E-state index is -0.709. The first kappa shape index (κ1) is 20.8. The lowest BCUT2D eigenvalue weighted by Crippen LogP contribution is -2.44. The Bertz CT molecular complexity index is 1070. The fourth-order valence-electron chi connectivity index (χ4n) is 4.52. The van der Waals surface area contributed by atoms with Crippen molar-refractivity contribution in [2.75, 3.05) is 31.6 Å². The normalized spacial score (nSPS) is 17.5. The smallest absolute Gasteiger partial charge is 0.246 e. The Morgan fingerprint density at radius 2 is 1.81 bits per heavy atom. The summed E-state index contributed by atoms with van der Waals surface area (Å²) in [7, 11) is 0. The quantitative estimate of drug-likeness (QED) is 0.659. The van der Waals surface area contributed by atoms with Gasteiger partial charge in [0.1, 0.15) is 17.7 Å². The number of amides is 1. The van der Waals surface area contributed by atoms with E-state index in [1.165, 1.54) is 18.9 Å². The number of benzene rings is 2. The number of rotatable bonds is 5. The van der Waals surface area contributed by atoms with E-state index in [-0.39, 0.29) is 11.7 Å². The van der Waals surface area contributed by atoms with Crippen LogP contribution in [0.1, 0.15) is 30.3 Å². The van der Waals surface area contributed by atoms with Crippen LogP contribution in [-0.4, -0.2) is 46.7 Å². The first-order valence-corrected chi connectivity index (χ1v) is 11.2. The number of halogens is 1. The lowest BCUT2D eigenvalue weighted by atomic mass is 10.0. The number of aromatic nitrogens is 2. The van der Waals surface area contributed by atoms with E-state index in [0.29, 0.717) is 37.6 Å². The second kappa shape index (κ2) is 9.22. The zero-order valence-corrected chi connectivity index (χ0v) is 18.0. The summed E-state index contributed by atoms with van der Waals surface area (Å²) in [5, 5.41) is 2.98. The molecule has 0 saturated carbocycles. The van der Waals surface area contributed by atoms with Crippen molar-refractivity contribution in [3.8, 4) is 11.3 Å². The van der Waals surface area contributed by atoms with Crippen molar-refractivity contribution in [1.82, 2.24) is 14.5 Å². The molecule has 0 spiro atoms. The number of imidazole rings is 1. The molecule has 1 aromatic heterocycles. The molecule has 2 aliphatic heterocycles. The number of aryl methyl sites for hydroxylation is 2. The molecule has 1 amide bonds. The highest BCUT2D eigenvalue weighted by Gasteiger charge is 2.31. The van der Waals surface area contributed by atoms with Gasteiger partial charge >= 0.3 is 0 Å². The van der Waals surface area contributed by atoms with Crippen molar-refractivity contribution in [3.05, 3.63) is 71.9 Å². The number of fused-ring (bicyclic) bond motifs is 1. The maximum Gasteiger partial charge on any atom is 0.246 e. The molecular weight excluding hydrogens is 407 g/mol. The number of morpholine rings is 1. The van der Waals surface area contributed by atoms with Crippen LogP contribution in [0.25, 0.3) is 11.3 Å². The molecule has 1 fully saturated rings. The molecule has 0 bridgehead atoms. The molecule has 1 saturated heterocycles. The van der Waals surface area contributed by atoms with E-state index < -0.39 is 6.04 Å². The van der Waals surface area contributed by atoms with Gasteiger partial charge in [-0.25, -0.2) is 9.37 Å². The van der Waals surface area contributed by atoms with Crippen molar-refractivity contribution < 1.29 is 13.9 Å². The van der Waals surface area contributed by atoms with Crippen LogP contribution in [0.2, 0.25) is 0 Å². The third-order valence-electron chi connectivity index (χ3n) is 6.22. The Balaban J connectivity index is 1.35. The Labute approximate surface area is 187 Å². The maximum absolute atomic E-state index is 14.6. The molecule has 2 aromatic carbocycles. The molecule has 0 unspecified atom stereocenters. The highest BCUT2D eigenvalue weighted by atomic mass is 19.1. The van der Waals surface area contributed by atoms with Crippen LogP contribution in [0.5, 0.6) is 0 Å². The van der Waals surface area contributed by atoms with Gasteiger partial charge < -0.3 is 14.6 Å². The Morgan fingerprint density at radius 1 is 1.03 bits per heavy atom. The molecule has 6 nitrogen and oxygen atoms in total. The van der Waals surface area contributed by atoms with E-state index in [9.17, 15) is 9.18 Å². The summed E-state index contributed by atoms with van der Waals surface area (Å²) in [5.74, 6) is 0.516. The summed E-state index contributed by atoms with van der Waals surface area (Å²) in [6.45, 7) is 3.24. The zero-order valence-electron chi connectivity index (χ0n) is 18.0. The number of ether oxygens (including phenoxy) is 1. The molecule has 5 rings (SSSR count). The molecular formula is C25H27FN4O2. The summed E-state index contributed by atoms with van der Waals surface area (Å²) >= 11 is 0. The van der Waals surface area contributed by atoms with Crippen LogP contribution < -0.4 is 5.32 Å². The second-order valence-electron chi connectivity index (χ2n) is 8.33. The number of hydrogen-bond acceptors (Lipinski definition) is 4. The van der Waals surface area contributed by atoms with E-state index in [0.717, 1.165) is 30.0 Å². The average Bonchev–Trinajstić information content (AvgIpc) is 3.26. The predicted molar refractivity (Wildman–Crippen MR) is 121 cm³/mol. The average molecular weight is 435 g/mol. The van der Waals surface area contributed by atoms with Gasteiger partial charge in [0.25, 0.3) is 0 Å². The van der Waals surface area contributed by atoms with Gasteiger partial charge in [-0.2, -0.15) is 0 Å². The summed E-state index contributed by atoms with van der Waals surface area (Å²) in [6.07, 6.45) is 5.51. The highest BCUT2D eigenvalue weighted by Crippen LogP contribution is 2.28. The van der Waals surface area contributed by atoms with Crippen molar-refractivity contribution in [3.63, 3.8) is 0 Å². The molecule has 166 valence electrons. The maximum atomic E-state index is 14.6. The van der Waals surface area contributed by atoms with Crippen LogP contribution in [0.3, 0.4) is 0 Å². The van der Waals surface area contributed by atoms with Crippen molar-refractivity contribution in [2.45, 2.75) is 31.8 Å². The molecule has 0 radical (unpaired) electrons. The van der Waals surface area contributed by atoms with E-state index in [1.807, 2.05) is 29.2 Å². The standard InChI is InChI=1S/C25H27FN4O2/c26-21-6-2-1-5-20(21)24(29-13-15-32-16-14-29)25(31)27-19-10-8-18(9-11-19)22-17-30-12-4-3-7-23(30)28-22/h1-2,5-6,8-11,17,24H,3-4,7,12-16H2,(H,27,31)/t24-/m1/s1. The largest absolute Gasteiger partial charge is 0.379 e. The monoisotopic (exact) mass is 434 g/mol. The van der Waals surface area contributed by atoms with Gasteiger partial charge in [-0.05, 0) is 31.0 Å². The van der Waals surface area contributed by atoms with Gasteiger partial charge in [-0.1, -0.05) is 30.3 Å². The van der Waals surface area contributed by atoms with Crippen LogP contribution in [0.4, 0.5) is 10.1 Å². The van der Waals surface area contributed by atoms with E-state index >= 15 is 0 Å². The van der Waals surface area contributed by atoms with E-state index in [4.69, 9.17) is 9.72 Å². The molecule has 3 heterocycles. The SMILES string of the molecule is O=C(Nc1ccc(-c2cn3c(n2)CCCC3)cc1)[C@@H](c1ccccc1F)N1CCOCC1. The van der Waals surface area contributed by atoms with E-state index in [2.05, 4.69) is 16.1 Å². The molecule has 1 atom stereocenters. The van der Waals surface area contributed by atoms with E-state index in [1.54, 1.807) is 18.2 Å². The number of nitrogens with one attached hydrogen (secondary N) is 1. The van der Waals surface area contributed by atoms with Crippen molar-refractivity contribution >= 4 is 11.6 Å². The van der Waals surface area contributed by atoms with Gasteiger partial charge in [0.05, 0.1) is 18.9 Å². The van der Waals surface area contributed by atoms with Gasteiger partial charge in [-0.15, -0.1) is 0 Å². The van der Waals surface area contributed by atoms with Crippen LogP contribution in [0, 0.1) is 5.82 Å². The Morgan fingerprint density at radius 3 is 2.56 bits per heavy atom. The molecule has 7 heteroatoms. The number of carbonyl (C=O) groups excluding carboxylic acids is 1. The number of anilines is 1.